The fourth-order valence-electron chi connectivity index (χ4n) is 1.66. The molecule has 1 aromatic rings. The van der Waals surface area contributed by atoms with Gasteiger partial charge in [-0.05, 0) is 24.6 Å². The number of hydrogen-bond donors (Lipinski definition) is 3. The Kier molecular flexibility index (Phi) is 6.21. The molecule has 0 saturated heterocycles. The zero-order valence-electron chi connectivity index (χ0n) is 11.2. The summed E-state index contributed by atoms with van der Waals surface area (Å²) in [6.07, 6.45) is 0.125. The van der Waals surface area contributed by atoms with Gasteiger partial charge in [-0.25, -0.2) is 22.3 Å². The van der Waals surface area contributed by atoms with E-state index in [1.54, 1.807) is 0 Å². The van der Waals surface area contributed by atoms with Crippen LogP contribution >= 0.6 is 0 Å². The first-order valence-electron chi connectivity index (χ1n) is 5.96. The second-order valence-electron chi connectivity index (χ2n) is 4.23. The number of methoxy groups -OCH3 is 1. The molecule has 1 unspecified atom stereocenters. The summed E-state index contributed by atoms with van der Waals surface area (Å²) in [6.45, 7) is -0.215. The van der Waals surface area contributed by atoms with Gasteiger partial charge >= 0.3 is 5.97 Å². The molecule has 1 rings (SSSR count). The van der Waals surface area contributed by atoms with Gasteiger partial charge in [-0.2, -0.15) is 0 Å². The summed E-state index contributed by atoms with van der Waals surface area (Å²) in [5, 5.41) is 17.7. The Morgan fingerprint density at radius 3 is 2.67 bits per heavy atom. The van der Waals surface area contributed by atoms with Crippen molar-refractivity contribution in [2.24, 2.45) is 0 Å². The number of sulfonamides is 1. The second kappa shape index (κ2) is 7.46. The van der Waals surface area contributed by atoms with E-state index < -0.39 is 33.4 Å². The highest BCUT2D eigenvalue weighted by molar-refractivity contribution is 7.89. The second-order valence-corrected chi connectivity index (χ2v) is 5.95. The molecule has 0 spiro atoms. The van der Waals surface area contributed by atoms with Gasteiger partial charge in [-0.1, -0.05) is 0 Å². The highest BCUT2D eigenvalue weighted by Gasteiger charge is 2.22. The van der Waals surface area contributed by atoms with E-state index in [2.05, 4.69) is 4.72 Å². The Bertz CT molecular complexity index is 598. The molecular weight excluding hydrogens is 305 g/mol. The molecule has 9 heteroatoms. The summed E-state index contributed by atoms with van der Waals surface area (Å²) in [7, 11) is -2.67. The van der Waals surface area contributed by atoms with Crippen molar-refractivity contribution in [3.8, 4) is 0 Å². The lowest BCUT2D eigenvalue weighted by Crippen LogP contribution is -2.38. The number of hydrogen-bond acceptors (Lipinski definition) is 5. The van der Waals surface area contributed by atoms with E-state index in [4.69, 9.17) is 14.9 Å². The summed E-state index contributed by atoms with van der Waals surface area (Å²) < 4.78 is 44.6. The summed E-state index contributed by atoms with van der Waals surface area (Å²) in [6, 6.07) is 1.80. The largest absolute Gasteiger partial charge is 0.478 e. The normalized spacial score (nSPS) is 13.1. The first-order valence-corrected chi connectivity index (χ1v) is 7.45. The number of aliphatic hydroxyl groups excluding tert-OH is 1. The van der Waals surface area contributed by atoms with Crippen LogP contribution in [0.4, 0.5) is 4.39 Å². The molecule has 0 amide bonds. The van der Waals surface area contributed by atoms with Crippen LogP contribution in [0.5, 0.6) is 0 Å². The lowest BCUT2D eigenvalue weighted by Gasteiger charge is -2.17. The number of carbonyl (C=O) groups is 1. The Balaban J connectivity index is 3.07. The Hall–Kier alpha value is -1.55. The molecule has 0 fully saturated rings. The number of benzene rings is 1. The molecule has 0 heterocycles. The summed E-state index contributed by atoms with van der Waals surface area (Å²) in [4.78, 5) is 10.4. The van der Waals surface area contributed by atoms with Crippen LogP contribution in [0.2, 0.25) is 0 Å². The van der Waals surface area contributed by atoms with Crippen molar-refractivity contribution in [2.75, 3.05) is 20.3 Å². The lowest BCUT2D eigenvalue weighted by molar-refractivity contribution is 0.0691. The van der Waals surface area contributed by atoms with Crippen molar-refractivity contribution in [2.45, 2.75) is 17.4 Å². The van der Waals surface area contributed by atoms with Crippen molar-refractivity contribution >= 4 is 16.0 Å². The molecular formula is C12H16FNO6S. The predicted octanol–water partition coefficient (Wildman–Crippen LogP) is 0.200. The van der Waals surface area contributed by atoms with E-state index in [-0.39, 0.29) is 24.5 Å². The van der Waals surface area contributed by atoms with Gasteiger partial charge in [0.15, 0.2) is 0 Å². The van der Waals surface area contributed by atoms with Gasteiger partial charge in [0.1, 0.15) is 5.82 Å². The van der Waals surface area contributed by atoms with Crippen LogP contribution in [0.25, 0.3) is 0 Å². The SMILES string of the molecule is COCC(CCO)NS(=O)(=O)c1ccc(F)c(C(=O)O)c1. The smallest absolute Gasteiger partial charge is 0.338 e. The lowest BCUT2D eigenvalue weighted by atomic mass is 10.2. The van der Waals surface area contributed by atoms with Crippen LogP contribution in [0.1, 0.15) is 16.8 Å². The average molecular weight is 321 g/mol. The van der Waals surface area contributed by atoms with Crippen molar-refractivity contribution in [3.63, 3.8) is 0 Å². The van der Waals surface area contributed by atoms with Crippen molar-refractivity contribution < 1.29 is 32.6 Å². The average Bonchev–Trinajstić information content (AvgIpc) is 2.38. The first-order chi connectivity index (χ1) is 9.81. The fourth-order valence-corrected chi connectivity index (χ4v) is 2.94. The number of ether oxygens (including phenoxy) is 1. The predicted molar refractivity (Wildman–Crippen MR) is 71.0 cm³/mol. The third-order valence-electron chi connectivity index (χ3n) is 2.65. The number of halogens is 1. The van der Waals surface area contributed by atoms with E-state index in [0.29, 0.717) is 0 Å². The zero-order valence-corrected chi connectivity index (χ0v) is 12.1. The van der Waals surface area contributed by atoms with Gasteiger partial charge in [-0.3, -0.25) is 0 Å². The van der Waals surface area contributed by atoms with Gasteiger partial charge in [0, 0.05) is 19.8 Å². The Morgan fingerprint density at radius 1 is 1.48 bits per heavy atom. The first kappa shape index (κ1) is 17.5. The molecule has 0 aliphatic heterocycles. The maximum absolute atomic E-state index is 13.3. The molecule has 0 aliphatic rings. The molecule has 21 heavy (non-hydrogen) atoms. The van der Waals surface area contributed by atoms with Gasteiger partial charge < -0.3 is 14.9 Å². The minimum atomic E-state index is -4.05. The van der Waals surface area contributed by atoms with E-state index >= 15 is 0 Å². The molecule has 0 aliphatic carbocycles. The van der Waals surface area contributed by atoms with E-state index in [0.717, 1.165) is 18.2 Å². The molecule has 118 valence electrons. The number of aromatic carboxylic acids is 1. The number of carboxylic acid groups (broad SMARTS) is 1. The molecule has 0 saturated carbocycles. The van der Waals surface area contributed by atoms with Crippen LogP contribution in [-0.4, -0.2) is 51.0 Å². The van der Waals surface area contributed by atoms with Crippen molar-refractivity contribution in [1.29, 1.82) is 0 Å². The molecule has 0 bridgehead atoms. The fraction of sp³-hybridized carbons (Fsp3) is 0.417. The molecule has 7 nitrogen and oxygen atoms in total. The summed E-state index contributed by atoms with van der Waals surface area (Å²) in [5.74, 6) is -2.58. The quantitative estimate of drug-likeness (QED) is 0.630. The van der Waals surface area contributed by atoms with E-state index in [1.807, 2.05) is 0 Å². The monoisotopic (exact) mass is 321 g/mol. The van der Waals surface area contributed by atoms with Crippen LogP contribution < -0.4 is 4.72 Å². The Labute approximate surface area is 121 Å². The maximum atomic E-state index is 13.3. The van der Waals surface area contributed by atoms with Crippen LogP contribution in [0.15, 0.2) is 23.1 Å². The van der Waals surface area contributed by atoms with Gasteiger partial charge in [0.05, 0.1) is 17.1 Å². The Morgan fingerprint density at radius 2 is 2.14 bits per heavy atom. The molecule has 1 aromatic carbocycles. The minimum absolute atomic E-state index is 0.0345. The number of aliphatic hydroxyl groups is 1. The molecule has 0 aromatic heterocycles. The van der Waals surface area contributed by atoms with E-state index in [1.165, 1.54) is 7.11 Å². The number of rotatable bonds is 8. The van der Waals surface area contributed by atoms with Gasteiger partial charge in [0.25, 0.3) is 0 Å². The highest BCUT2D eigenvalue weighted by atomic mass is 32.2. The number of carboxylic acids is 1. The number of nitrogens with one attached hydrogen (secondary N) is 1. The van der Waals surface area contributed by atoms with Crippen molar-refractivity contribution in [3.05, 3.63) is 29.6 Å². The standard InChI is InChI=1S/C12H16FNO6S/c1-20-7-8(4-5-15)14-21(18,19)9-2-3-11(13)10(6-9)12(16)17/h2-3,6,8,14-15H,4-5,7H2,1H3,(H,16,17). The van der Waals surface area contributed by atoms with Crippen molar-refractivity contribution in [1.82, 2.24) is 4.72 Å². The molecule has 0 radical (unpaired) electrons. The highest BCUT2D eigenvalue weighted by Crippen LogP contribution is 2.16. The molecule has 1 atom stereocenters. The zero-order chi connectivity index (χ0) is 16.0. The van der Waals surface area contributed by atoms with Gasteiger partial charge in [-0.15, -0.1) is 0 Å². The van der Waals surface area contributed by atoms with Gasteiger partial charge in [0.2, 0.25) is 10.0 Å². The third kappa shape index (κ3) is 4.74. The topological polar surface area (TPSA) is 113 Å². The van der Waals surface area contributed by atoms with E-state index in [9.17, 15) is 17.6 Å². The van der Waals surface area contributed by atoms with Crippen LogP contribution in [-0.2, 0) is 14.8 Å². The third-order valence-corrected chi connectivity index (χ3v) is 4.16. The summed E-state index contributed by atoms with van der Waals surface area (Å²) >= 11 is 0. The summed E-state index contributed by atoms with van der Waals surface area (Å²) in [5.41, 5.74) is -0.733. The maximum Gasteiger partial charge on any atom is 0.338 e. The minimum Gasteiger partial charge on any atom is -0.478 e. The van der Waals surface area contributed by atoms with Crippen LogP contribution in [0.3, 0.4) is 0 Å². The molecule has 3 N–H and O–H groups in total. The van der Waals surface area contributed by atoms with Crippen LogP contribution in [0, 0.1) is 5.82 Å².